The van der Waals surface area contributed by atoms with E-state index in [4.69, 9.17) is 14.2 Å². The van der Waals surface area contributed by atoms with Crippen LogP contribution in [0.2, 0.25) is 0 Å². The van der Waals surface area contributed by atoms with Gasteiger partial charge in [0.25, 0.3) is 0 Å². The van der Waals surface area contributed by atoms with E-state index in [0.717, 1.165) is 41.2 Å². The van der Waals surface area contributed by atoms with E-state index >= 15 is 0 Å². The molecule has 0 radical (unpaired) electrons. The predicted molar refractivity (Wildman–Crippen MR) is 101 cm³/mol. The summed E-state index contributed by atoms with van der Waals surface area (Å²) in [5.74, 6) is 1.66. The minimum atomic E-state index is -0.183. The fraction of sp³-hybridized carbons (Fsp3) is 0.667. The molecular formula is C18H29N4O3S+. The Labute approximate surface area is 159 Å². The summed E-state index contributed by atoms with van der Waals surface area (Å²) in [4.78, 5) is 0. The maximum Gasteiger partial charge on any atom is 0.171 e. The maximum absolute atomic E-state index is 5.89. The predicted octanol–water partition coefficient (Wildman–Crippen LogP) is 2.43. The Morgan fingerprint density at radius 2 is 1.92 bits per heavy atom. The van der Waals surface area contributed by atoms with Crippen LogP contribution in [-0.2, 0) is 17.9 Å². The lowest BCUT2D eigenvalue weighted by atomic mass is 9.94. The molecule has 26 heavy (non-hydrogen) atoms. The van der Waals surface area contributed by atoms with Gasteiger partial charge in [-0.15, -0.1) is 16.4 Å². The summed E-state index contributed by atoms with van der Waals surface area (Å²) in [6.07, 6.45) is 3.04. The Morgan fingerprint density at radius 3 is 2.58 bits per heavy atom. The van der Waals surface area contributed by atoms with Gasteiger partial charge >= 0.3 is 0 Å². The van der Waals surface area contributed by atoms with Crippen molar-refractivity contribution in [3.63, 3.8) is 0 Å². The topological polar surface area (TPSA) is 58.4 Å². The Kier molecular flexibility index (Phi) is 5.84. The van der Waals surface area contributed by atoms with E-state index in [2.05, 4.69) is 38.4 Å². The fourth-order valence-corrected chi connectivity index (χ4v) is 3.42. The normalized spacial score (nSPS) is 16.5. The second-order valence-corrected chi connectivity index (χ2v) is 9.07. The minimum absolute atomic E-state index is 0.183. The molecule has 1 aliphatic heterocycles. The first-order valence-corrected chi connectivity index (χ1v) is 9.86. The molecule has 2 aromatic rings. The second kappa shape index (κ2) is 7.94. The van der Waals surface area contributed by atoms with E-state index in [9.17, 15) is 0 Å². The smallest absolute Gasteiger partial charge is 0.171 e. The standard InChI is InChI=1S/C18H29N4O3S/c1-18(13-24-16-10-26-11-17(16)25-14-18)12-23-9-15-8-21(20-19-15)6-5-7-22(2,3)4/h8,10-11H,5-7,9,12-14H2,1-4H3/q+1. The number of fused-ring (bicyclic) bond motifs is 1. The van der Waals surface area contributed by atoms with Crippen molar-refractivity contribution in [2.75, 3.05) is 47.5 Å². The summed E-state index contributed by atoms with van der Waals surface area (Å²) in [5.41, 5.74) is 0.671. The molecule has 8 heteroatoms. The number of nitrogens with zero attached hydrogens (tertiary/aromatic N) is 4. The number of aryl methyl sites for hydroxylation is 1. The minimum Gasteiger partial charge on any atom is -0.488 e. The van der Waals surface area contributed by atoms with Crippen LogP contribution < -0.4 is 9.47 Å². The quantitative estimate of drug-likeness (QED) is 0.658. The molecule has 0 aliphatic carbocycles. The Hall–Kier alpha value is -1.64. The van der Waals surface area contributed by atoms with Gasteiger partial charge in [-0.25, -0.2) is 0 Å². The average molecular weight is 382 g/mol. The maximum atomic E-state index is 5.89. The molecule has 3 rings (SSSR count). The number of hydrogen-bond donors (Lipinski definition) is 0. The molecule has 0 spiro atoms. The molecule has 0 saturated carbocycles. The van der Waals surface area contributed by atoms with Gasteiger partial charge < -0.3 is 18.7 Å². The highest BCUT2D eigenvalue weighted by atomic mass is 32.1. The molecule has 0 atom stereocenters. The molecule has 144 valence electrons. The summed E-state index contributed by atoms with van der Waals surface area (Å²) in [7, 11) is 6.59. The average Bonchev–Trinajstić information content (AvgIpc) is 3.16. The molecule has 0 unspecified atom stereocenters. The molecule has 0 fully saturated rings. The van der Waals surface area contributed by atoms with Gasteiger partial charge in [-0.3, -0.25) is 4.68 Å². The largest absolute Gasteiger partial charge is 0.488 e. The van der Waals surface area contributed by atoms with Crippen molar-refractivity contribution in [2.24, 2.45) is 5.41 Å². The Balaban J connectivity index is 1.41. The molecule has 0 aromatic carbocycles. The lowest BCUT2D eigenvalue weighted by molar-refractivity contribution is -0.870. The van der Waals surface area contributed by atoms with E-state index in [1.54, 1.807) is 11.3 Å². The molecule has 0 bridgehead atoms. The van der Waals surface area contributed by atoms with Gasteiger partial charge in [0.15, 0.2) is 11.5 Å². The van der Waals surface area contributed by atoms with Gasteiger partial charge in [0.1, 0.15) is 5.69 Å². The van der Waals surface area contributed by atoms with Crippen molar-refractivity contribution in [1.29, 1.82) is 0 Å². The fourth-order valence-electron chi connectivity index (χ4n) is 2.74. The van der Waals surface area contributed by atoms with Gasteiger partial charge in [-0.2, -0.15) is 0 Å². The first-order chi connectivity index (χ1) is 12.3. The van der Waals surface area contributed by atoms with Crippen LogP contribution in [0.15, 0.2) is 17.0 Å². The Morgan fingerprint density at radius 1 is 1.23 bits per heavy atom. The Bertz CT molecular complexity index is 685. The first kappa shape index (κ1) is 19.1. The van der Waals surface area contributed by atoms with Crippen LogP contribution in [0.4, 0.5) is 0 Å². The molecule has 0 N–H and O–H groups in total. The monoisotopic (exact) mass is 381 g/mol. The van der Waals surface area contributed by atoms with E-state index in [1.807, 2.05) is 21.6 Å². The summed E-state index contributed by atoms with van der Waals surface area (Å²) in [6, 6.07) is 0. The van der Waals surface area contributed by atoms with Gasteiger partial charge in [-0.05, 0) is 0 Å². The number of aromatic nitrogens is 3. The van der Waals surface area contributed by atoms with E-state index in [1.165, 1.54) is 0 Å². The highest BCUT2D eigenvalue weighted by Gasteiger charge is 2.31. The lowest BCUT2D eigenvalue weighted by Crippen LogP contribution is -2.35. The van der Waals surface area contributed by atoms with Crippen molar-refractivity contribution in [1.82, 2.24) is 15.0 Å². The molecular weight excluding hydrogens is 352 g/mol. The van der Waals surface area contributed by atoms with Crippen LogP contribution in [0.25, 0.3) is 0 Å². The van der Waals surface area contributed by atoms with Gasteiger partial charge in [0, 0.05) is 23.7 Å². The number of rotatable bonds is 8. The van der Waals surface area contributed by atoms with Crippen molar-refractivity contribution >= 4 is 11.3 Å². The first-order valence-electron chi connectivity index (χ1n) is 8.92. The van der Waals surface area contributed by atoms with E-state index in [-0.39, 0.29) is 5.41 Å². The van der Waals surface area contributed by atoms with Crippen LogP contribution in [0.1, 0.15) is 19.0 Å². The van der Waals surface area contributed by atoms with E-state index < -0.39 is 0 Å². The van der Waals surface area contributed by atoms with Crippen LogP contribution in [-0.4, -0.2) is 67.0 Å². The summed E-state index contributed by atoms with van der Waals surface area (Å²) < 4.78 is 20.5. The molecule has 3 heterocycles. The molecule has 7 nitrogen and oxygen atoms in total. The van der Waals surface area contributed by atoms with Crippen LogP contribution in [0.3, 0.4) is 0 Å². The second-order valence-electron chi connectivity index (χ2n) is 8.32. The molecule has 0 saturated heterocycles. The molecule has 2 aromatic heterocycles. The molecule has 0 amide bonds. The van der Waals surface area contributed by atoms with Crippen molar-refractivity contribution < 1.29 is 18.7 Å². The van der Waals surface area contributed by atoms with Crippen molar-refractivity contribution in [3.8, 4) is 11.5 Å². The zero-order valence-electron chi connectivity index (χ0n) is 16.1. The third-order valence-corrected chi connectivity index (χ3v) is 4.95. The number of quaternary nitrogens is 1. The highest BCUT2D eigenvalue weighted by molar-refractivity contribution is 7.08. The number of thiophene rings is 1. The van der Waals surface area contributed by atoms with Crippen LogP contribution in [0, 0.1) is 5.41 Å². The van der Waals surface area contributed by atoms with Crippen molar-refractivity contribution in [2.45, 2.75) is 26.5 Å². The highest BCUT2D eigenvalue weighted by Crippen LogP contribution is 2.36. The van der Waals surface area contributed by atoms with Crippen molar-refractivity contribution in [3.05, 3.63) is 22.7 Å². The summed E-state index contributed by atoms with van der Waals surface area (Å²) in [6.45, 7) is 6.26. The zero-order valence-corrected chi connectivity index (χ0v) is 16.9. The molecule has 1 aliphatic rings. The number of ether oxygens (including phenoxy) is 3. The lowest BCUT2D eigenvalue weighted by Gasteiger charge is -2.25. The summed E-state index contributed by atoms with van der Waals surface area (Å²) in [5, 5.41) is 12.3. The third kappa shape index (κ3) is 5.43. The van der Waals surface area contributed by atoms with Crippen LogP contribution >= 0.6 is 11.3 Å². The third-order valence-electron chi connectivity index (χ3n) is 4.25. The van der Waals surface area contributed by atoms with Gasteiger partial charge in [-0.1, -0.05) is 12.1 Å². The van der Waals surface area contributed by atoms with Gasteiger partial charge in [0.2, 0.25) is 0 Å². The summed E-state index contributed by atoms with van der Waals surface area (Å²) >= 11 is 1.59. The SMILES string of the molecule is CC1(COCc2cn(CCC[N+](C)(C)C)nn2)COc2cscc2OC1. The van der Waals surface area contributed by atoms with Crippen LogP contribution in [0.5, 0.6) is 11.5 Å². The zero-order chi connectivity index (χ0) is 18.6. The van der Waals surface area contributed by atoms with Gasteiger partial charge in [0.05, 0.1) is 65.7 Å². The van der Waals surface area contributed by atoms with E-state index in [0.29, 0.717) is 26.4 Å². The number of hydrogen-bond acceptors (Lipinski definition) is 6.